The molecule has 0 saturated heterocycles. The molecule has 0 bridgehead atoms. The lowest BCUT2D eigenvalue weighted by atomic mass is 10.1. The van der Waals surface area contributed by atoms with E-state index in [1.54, 1.807) is 36.9 Å². The van der Waals surface area contributed by atoms with Gasteiger partial charge in [0.1, 0.15) is 4.32 Å². The third kappa shape index (κ3) is 5.61. The zero-order valence-corrected chi connectivity index (χ0v) is 13.0. The summed E-state index contributed by atoms with van der Waals surface area (Å²) in [6.07, 6.45) is 7.23. The summed E-state index contributed by atoms with van der Waals surface area (Å²) in [6, 6.07) is 7.42. The van der Waals surface area contributed by atoms with Crippen molar-refractivity contribution in [3.05, 3.63) is 60.2 Å². The first-order valence-corrected chi connectivity index (χ1v) is 7.88. The highest BCUT2D eigenvalue weighted by molar-refractivity contribution is 8.22. The summed E-state index contributed by atoms with van der Waals surface area (Å²) in [5, 5.41) is 3.14. The molecular formula is C15H15N3OS2. The summed E-state index contributed by atoms with van der Waals surface area (Å²) in [4.78, 5) is 19.9. The van der Waals surface area contributed by atoms with Gasteiger partial charge in [0.15, 0.2) is 5.78 Å². The van der Waals surface area contributed by atoms with Crippen LogP contribution in [-0.4, -0.2) is 25.8 Å². The number of carbonyl (C=O) groups excluding carboxylic acids is 1. The zero-order valence-electron chi connectivity index (χ0n) is 11.4. The van der Waals surface area contributed by atoms with Gasteiger partial charge in [-0.05, 0) is 23.8 Å². The van der Waals surface area contributed by atoms with Gasteiger partial charge in [-0.15, -0.1) is 0 Å². The summed E-state index contributed by atoms with van der Waals surface area (Å²) >= 11 is 6.71. The van der Waals surface area contributed by atoms with Gasteiger partial charge in [-0.25, -0.2) is 0 Å². The van der Waals surface area contributed by atoms with Gasteiger partial charge in [-0.2, -0.15) is 0 Å². The Morgan fingerprint density at radius 3 is 2.62 bits per heavy atom. The van der Waals surface area contributed by atoms with Gasteiger partial charge in [0.2, 0.25) is 0 Å². The highest BCUT2D eigenvalue weighted by Crippen LogP contribution is 2.09. The molecule has 2 aromatic rings. The average Bonchev–Trinajstić information content (AvgIpc) is 2.54. The number of thioether (sulfide) groups is 1. The first-order valence-electron chi connectivity index (χ1n) is 6.48. The van der Waals surface area contributed by atoms with E-state index in [1.807, 2.05) is 12.1 Å². The fourth-order valence-electron chi connectivity index (χ4n) is 1.64. The molecule has 0 aromatic carbocycles. The van der Waals surface area contributed by atoms with Crippen LogP contribution in [0.5, 0.6) is 0 Å². The second kappa shape index (κ2) is 8.49. The van der Waals surface area contributed by atoms with Crippen LogP contribution in [0.1, 0.15) is 22.3 Å². The molecule has 2 rings (SSSR count). The van der Waals surface area contributed by atoms with Gasteiger partial charge in [0, 0.05) is 49.1 Å². The largest absolute Gasteiger partial charge is 0.367 e. The summed E-state index contributed by atoms with van der Waals surface area (Å²) in [7, 11) is 0. The second-order valence-corrected chi connectivity index (χ2v) is 6.04. The molecule has 0 unspecified atom stereocenters. The summed E-state index contributed by atoms with van der Waals surface area (Å²) in [6.45, 7) is 0.649. The summed E-state index contributed by atoms with van der Waals surface area (Å²) in [5.74, 6) is 0.748. The lowest BCUT2D eigenvalue weighted by Crippen LogP contribution is -2.18. The zero-order chi connectivity index (χ0) is 14.9. The maximum Gasteiger partial charge on any atom is 0.165 e. The molecule has 0 saturated carbocycles. The third-order valence-electron chi connectivity index (χ3n) is 2.71. The lowest BCUT2D eigenvalue weighted by Gasteiger charge is -2.07. The van der Waals surface area contributed by atoms with Crippen molar-refractivity contribution in [3.8, 4) is 0 Å². The monoisotopic (exact) mass is 317 g/mol. The molecule has 0 amide bonds. The number of rotatable bonds is 6. The summed E-state index contributed by atoms with van der Waals surface area (Å²) in [5.41, 5.74) is 1.72. The highest BCUT2D eigenvalue weighted by Gasteiger charge is 2.06. The van der Waals surface area contributed by atoms with Crippen molar-refractivity contribution in [1.29, 1.82) is 0 Å². The minimum absolute atomic E-state index is 0.0886. The van der Waals surface area contributed by atoms with Gasteiger partial charge < -0.3 is 5.32 Å². The number of thiocarbonyl (C=S) groups is 1. The molecule has 0 aliphatic heterocycles. The van der Waals surface area contributed by atoms with Crippen LogP contribution in [0.2, 0.25) is 0 Å². The van der Waals surface area contributed by atoms with E-state index in [1.165, 1.54) is 11.8 Å². The fraction of sp³-hybridized carbons (Fsp3) is 0.200. The number of nitrogens with zero attached hydrogens (tertiary/aromatic N) is 2. The Kier molecular flexibility index (Phi) is 6.30. The minimum Gasteiger partial charge on any atom is -0.367 e. The fourth-order valence-corrected chi connectivity index (χ4v) is 2.61. The number of aromatic nitrogens is 2. The van der Waals surface area contributed by atoms with Crippen LogP contribution < -0.4 is 5.32 Å². The molecule has 21 heavy (non-hydrogen) atoms. The number of hydrogen-bond acceptors (Lipinski definition) is 5. The Morgan fingerprint density at radius 1 is 1.19 bits per heavy atom. The van der Waals surface area contributed by atoms with Gasteiger partial charge >= 0.3 is 0 Å². The van der Waals surface area contributed by atoms with Crippen molar-refractivity contribution in [1.82, 2.24) is 15.3 Å². The standard InChI is InChI=1S/C15H15N3OS2/c19-14(13-4-2-7-17-11-13)5-8-21-15(20)18-10-12-3-1-6-16-9-12/h1-4,6-7,9,11H,5,8,10H2,(H,18,20). The van der Waals surface area contributed by atoms with Crippen molar-refractivity contribution >= 4 is 34.1 Å². The van der Waals surface area contributed by atoms with Crippen molar-refractivity contribution in [3.63, 3.8) is 0 Å². The number of hydrogen-bond donors (Lipinski definition) is 1. The van der Waals surface area contributed by atoms with Gasteiger partial charge in [0.05, 0.1) is 0 Å². The van der Waals surface area contributed by atoms with E-state index in [0.717, 1.165) is 5.56 Å². The molecule has 0 aliphatic carbocycles. The van der Waals surface area contributed by atoms with Crippen LogP contribution in [0.4, 0.5) is 0 Å². The Hall–Kier alpha value is -1.79. The first kappa shape index (κ1) is 15.6. The topological polar surface area (TPSA) is 54.9 Å². The molecule has 2 heterocycles. The maximum absolute atomic E-state index is 11.9. The van der Waals surface area contributed by atoms with Crippen molar-refractivity contribution < 1.29 is 4.79 Å². The molecule has 0 fully saturated rings. The SMILES string of the molecule is O=C(CCSC(=S)NCc1cccnc1)c1cccnc1. The molecular weight excluding hydrogens is 302 g/mol. The first-order chi connectivity index (χ1) is 10.3. The highest BCUT2D eigenvalue weighted by atomic mass is 32.2. The number of Topliss-reactive ketones (excluding diaryl/α,β-unsaturated/α-hetero) is 1. The van der Waals surface area contributed by atoms with Crippen LogP contribution in [-0.2, 0) is 6.54 Å². The van der Waals surface area contributed by atoms with E-state index in [2.05, 4.69) is 15.3 Å². The quantitative estimate of drug-likeness (QED) is 0.653. The normalized spacial score (nSPS) is 10.1. The molecule has 108 valence electrons. The van der Waals surface area contributed by atoms with Gasteiger partial charge in [-0.3, -0.25) is 14.8 Å². The van der Waals surface area contributed by atoms with Gasteiger partial charge in [-0.1, -0.05) is 30.0 Å². The second-order valence-electron chi connectivity index (χ2n) is 4.27. The molecule has 1 N–H and O–H groups in total. The van der Waals surface area contributed by atoms with Crippen molar-refractivity contribution in [2.24, 2.45) is 0 Å². The van der Waals surface area contributed by atoms with Crippen LogP contribution in [0.15, 0.2) is 49.1 Å². The van der Waals surface area contributed by atoms with E-state index in [4.69, 9.17) is 12.2 Å². The Bertz CT molecular complexity index is 590. The van der Waals surface area contributed by atoms with Crippen LogP contribution >= 0.6 is 24.0 Å². The molecule has 2 aromatic heterocycles. The Morgan fingerprint density at radius 2 is 1.95 bits per heavy atom. The molecule has 0 spiro atoms. The molecule has 0 radical (unpaired) electrons. The van der Waals surface area contributed by atoms with Crippen LogP contribution in [0, 0.1) is 0 Å². The van der Waals surface area contributed by atoms with Crippen molar-refractivity contribution in [2.45, 2.75) is 13.0 Å². The number of nitrogens with one attached hydrogen (secondary N) is 1. The van der Waals surface area contributed by atoms with Crippen LogP contribution in [0.25, 0.3) is 0 Å². The van der Waals surface area contributed by atoms with Crippen LogP contribution in [0.3, 0.4) is 0 Å². The van der Waals surface area contributed by atoms with Gasteiger partial charge in [0.25, 0.3) is 0 Å². The van der Waals surface area contributed by atoms with E-state index in [-0.39, 0.29) is 5.78 Å². The Labute approximate surface area is 133 Å². The molecule has 0 aliphatic rings. The number of pyridine rings is 2. The van der Waals surface area contributed by atoms with E-state index in [9.17, 15) is 4.79 Å². The number of carbonyl (C=O) groups is 1. The minimum atomic E-state index is 0.0886. The molecule has 0 atom stereocenters. The average molecular weight is 317 g/mol. The van der Waals surface area contributed by atoms with E-state index < -0.39 is 0 Å². The van der Waals surface area contributed by atoms with E-state index in [0.29, 0.717) is 28.6 Å². The Balaban J connectivity index is 1.66. The number of ketones is 1. The smallest absolute Gasteiger partial charge is 0.165 e. The van der Waals surface area contributed by atoms with E-state index >= 15 is 0 Å². The van der Waals surface area contributed by atoms with Crippen molar-refractivity contribution in [2.75, 3.05) is 5.75 Å². The lowest BCUT2D eigenvalue weighted by molar-refractivity contribution is 0.0989. The summed E-state index contributed by atoms with van der Waals surface area (Å²) < 4.78 is 0.692. The maximum atomic E-state index is 11.9. The predicted molar refractivity (Wildman–Crippen MR) is 89.3 cm³/mol. The predicted octanol–water partition coefficient (Wildman–Crippen LogP) is 2.86. The molecule has 6 heteroatoms. The third-order valence-corrected chi connectivity index (χ3v) is 4.02. The molecule has 4 nitrogen and oxygen atoms in total.